The van der Waals surface area contributed by atoms with Crippen molar-refractivity contribution in [3.63, 3.8) is 0 Å². The van der Waals surface area contributed by atoms with Gasteiger partial charge >= 0.3 is 5.97 Å². The summed E-state index contributed by atoms with van der Waals surface area (Å²) >= 11 is 0. The molecule has 7 nitrogen and oxygen atoms in total. The lowest BCUT2D eigenvalue weighted by atomic mass is 10.1. The van der Waals surface area contributed by atoms with Crippen LogP contribution in [-0.4, -0.2) is 27.1 Å². The third-order valence-electron chi connectivity index (χ3n) is 2.78. The average molecular weight is 288 g/mol. The Morgan fingerprint density at radius 2 is 1.86 bits per heavy atom. The molecule has 0 unspecified atom stereocenters. The number of phenolic OH excluding ortho intramolecular Hbond substituents is 1. The molecule has 2 aromatic rings. The van der Waals surface area contributed by atoms with Gasteiger partial charge < -0.3 is 20.5 Å². The molecular formula is C14H12N2O5. The number of phenols is 1. The monoisotopic (exact) mass is 288 g/mol. The zero-order valence-electron chi connectivity index (χ0n) is 11.0. The number of rotatable bonds is 3. The first-order valence-corrected chi connectivity index (χ1v) is 5.96. The topological polar surface area (TPSA) is 119 Å². The molecule has 1 aromatic heterocycles. The van der Waals surface area contributed by atoms with Gasteiger partial charge in [0.15, 0.2) is 0 Å². The number of aromatic amines is 1. The molecule has 0 saturated carbocycles. The summed E-state index contributed by atoms with van der Waals surface area (Å²) in [6, 6.07) is 6.41. The fourth-order valence-corrected chi connectivity index (χ4v) is 1.76. The summed E-state index contributed by atoms with van der Waals surface area (Å²) in [6.07, 6.45) is 0. The molecule has 0 saturated heterocycles. The standard InChI is InChI=1S/C14H12N2O5/c1-7-2-4-9(12(18)15-7)13(19)16-11-5-3-8(17)6-10(11)14(20)21/h2-6,17H,1H3,(H,15,18)(H,16,19)(H,20,21). The number of aromatic nitrogens is 1. The van der Waals surface area contributed by atoms with Crippen LogP contribution in [0.3, 0.4) is 0 Å². The highest BCUT2D eigenvalue weighted by atomic mass is 16.4. The van der Waals surface area contributed by atoms with Gasteiger partial charge in [-0.05, 0) is 37.3 Å². The third-order valence-corrected chi connectivity index (χ3v) is 2.78. The molecule has 0 atom stereocenters. The smallest absolute Gasteiger partial charge is 0.337 e. The molecule has 21 heavy (non-hydrogen) atoms. The Bertz CT molecular complexity index is 779. The highest BCUT2D eigenvalue weighted by Crippen LogP contribution is 2.21. The van der Waals surface area contributed by atoms with E-state index in [0.717, 1.165) is 6.07 Å². The molecule has 1 aromatic carbocycles. The number of pyridine rings is 1. The summed E-state index contributed by atoms with van der Waals surface area (Å²) in [4.78, 5) is 37.2. The number of benzene rings is 1. The summed E-state index contributed by atoms with van der Waals surface area (Å²) in [7, 11) is 0. The fourth-order valence-electron chi connectivity index (χ4n) is 1.76. The maximum atomic E-state index is 12.0. The number of aromatic carboxylic acids is 1. The number of carbonyl (C=O) groups is 2. The first-order valence-electron chi connectivity index (χ1n) is 5.96. The molecule has 108 valence electrons. The summed E-state index contributed by atoms with van der Waals surface area (Å²) in [5.41, 5.74) is -0.377. The molecule has 0 bridgehead atoms. The molecule has 0 aliphatic carbocycles. The van der Waals surface area contributed by atoms with Crippen LogP contribution in [0.2, 0.25) is 0 Å². The van der Waals surface area contributed by atoms with E-state index < -0.39 is 17.4 Å². The van der Waals surface area contributed by atoms with Crippen molar-refractivity contribution >= 4 is 17.6 Å². The second-order valence-electron chi connectivity index (χ2n) is 4.37. The molecule has 0 aliphatic heterocycles. The second-order valence-corrected chi connectivity index (χ2v) is 4.37. The highest BCUT2D eigenvalue weighted by Gasteiger charge is 2.16. The van der Waals surface area contributed by atoms with Crippen molar-refractivity contribution in [1.82, 2.24) is 4.98 Å². The number of hydrogen-bond donors (Lipinski definition) is 4. The van der Waals surface area contributed by atoms with Gasteiger partial charge in [-0.25, -0.2) is 4.79 Å². The van der Waals surface area contributed by atoms with E-state index in [2.05, 4.69) is 10.3 Å². The van der Waals surface area contributed by atoms with Crippen molar-refractivity contribution in [2.75, 3.05) is 5.32 Å². The summed E-state index contributed by atoms with van der Waals surface area (Å²) in [5, 5.41) is 20.7. The van der Waals surface area contributed by atoms with E-state index >= 15 is 0 Å². The molecule has 2 rings (SSSR count). The van der Waals surface area contributed by atoms with E-state index in [9.17, 15) is 19.5 Å². The second kappa shape index (κ2) is 5.49. The van der Waals surface area contributed by atoms with E-state index in [-0.39, 0.29) is 22.6 Å². The fraction of sp³-hybridized carbons (Fsp3) is 0.0714. The minimum atomic E-state index is -1.31. The Hall–Kier alpha value is -3.09. The molecule has 0 aliphatic rings. The van der Waals surface area contributed by atoms with Crippen molar-refractivity contribution < 1.29 is 19.8 Å². The first kappa shape index (κ1) is 14.3. The SMILES string of the molecule is Cc1ccc(C(=O)Nc2ccc(O)cc2C(=O)O)c(=O)[nH]1. The number of carbonyl (C=O) groups excluding carboxylic acids is 1. The number of amides is 1. The molecule has 0 spiro atoms. The Morgan fingerprint density at radius 3 is 2.48 bits per heavy atom. The maximum Gasteiger partial charge on any atom is 0.337 e. The van der Waals surface area contributed by atoms with Crippen LogP contribution >= 0.6 is 0 Å². The van der Waals surface area contributed by atoms with Gasteiger partial charge in [-0.15, -0.1) is 0 Å². The van der Waals surface area contributed by atoms with Gasteiger partial charge in [0, 0.05) is 5.69 Å². The number of nitrogens with one attached hydrogen (secondary N) is 2. The van der Waals surface area contributed by atoms with Gasteiger partial charge in [0.25, 0.3) is 11.5 Å². The minimum Gasteiger partial charge on any atom is -0.508 e. The van der Waals surface area contributed by atoms with Crippen LogP contribution in [0.5, 0.6) is 5.75 Å². The molecule has 1 heterocycles. The normalized spacial score (nSPS) is 10.1. The van der Waals surface area contributed by atoms with Crippen LogP contribution < -0.4 is 10.9 Å². The predicted molar refractivity (Wildman–Crippen MR) is 74.8 cm³/mol. The van der Waals surface area contributed by atoms with Crippen molar-refractivity contribution in [3.8, 4) is 5.75 Å². The van der Waals surface area contributed by atoms with Crippen LogP contribution in [0, 0.1) is 6.92 Å². The number of carboxylic acids is 1. The maximum absolute atomic E-state index is 12.0. The van der Waals surface area contributed by atoms with Gasteiger partial charge in [0.05, 0.1) is 11.3 Å². The highest BCUT2D eigenvalue weighted by molar-refractivity contribution is 6.07. The molecule has 4 N–H and O–H groups in total. The number of carboxylic acid groups (broad SMARTS) is 1. The summed E-state index contributed by atoms with van der Waals surface area (Å²) < 4.78 is 0. The Kier molecular flexibility index (Phi) is 3.75. The van der Waals surface area contributed by atoms with Gasteiger partial charge in [0.1, 0.15) is 11.3 Å². The Balaban J connectivity index is 2.36. The van der Waals surface area contributed by atoms with Crippen LogP contribution in [0.15, 0.2) is 35.1 Å². The summed E-state index contributed by atoms with van der Waals surface area (Å²) in [6.45, 7) is 1.67. The Morgan fingerprint density at radius 1 is 1.14 bits per heavy atom. The average Bonchev–Trinajstić information content (AvgIpc) is 2.40. The lowest BCUT2D eigenvalue weighted by Crippen LogP contribution is -2.24. The van der Waals surface area contributed by atoms with E-state index in [4.69, 9.17) is 5.11 Å². The summed E-state index contributed by atoms with van der Waals surface area (Å²) in [5.74, 6) is -2.28. The van der Waals surface area contributed by atoms with Crippen LogP contribution in [0.1, 0.15) is 26.4 Å². The molecular weight excluding hydrogens is 276 g/mol. The zero-order chi connectivity index (χ0) is 15.6. The van der Waals surface area contributed by atoms with E-state index in [1.165, 1.54) is 18.2 Å². The van der Waals surface area contributed by atoms with Gasteiger partial charge in [0.2, 0.25) is 0 Å². The molecule has 0 fully saturated rings. The lowest BCUT2D eigenvalue weighted by Gasteiger charge is -2.08. The number of anilines is 1. The number of H-pyrrole nitrogens is 1. The van der Waals surface area contributed by atoms with Gasteiger partial charge in [-0.3, -0.25) is 9.59 Å². The number of hydrogen-bond acceptors (Lipinski definition) is 4. The van der Waals surface area contributed by atoms with Crippen LogP contribution in [-0.2, 0) is 0 Å². The molecule has 0 radical (unpaired) electrons. The van der Waals surface area contributed by atoms with Gasteiger partial charge in [-0.1, -0.05) is 0 Å². The van der Waals surface area contributed by atoms with Gasteiger partial charge in [-0.2, -0.15) is 0 Å². The quantitative estimate of drug-likeness (QED) is 0.635. The minimum absolute atomic E-state index is 0.00900. The largest absolute Gasteiger partial charge is 0.508 e. The lowest BCUT2D eigenvalue weighted by molar-refractivity contribution is 0.0697. The third kappa shape index (κ3) is 3.08. The van der Waals surface area contributed by atoms with E-state index in [1.807, 2.05) is 0 Å². The van der Waals surface area contributed by atoms with Crippen molar-refractivity contribution in [2.24, 2.45) is 0 Å². The first-order chi connectivity index (χ1) is 9.88. The van der Waals surface area contributed by atoms with Crippen molar-refractivity contribution in [2.45, 2.75) is 6.92 Å². The van der Waals surface area contributed by atoms with Crippen LogP contribution in [0.4, 0.5) is 5.69 Å². The van der Waals surface area contributed by atoms with Crippen molar-refractivity contribution in [1.29, 1.82) is 0 Å². The predicted octanol–water partition coefficient (Wildman–Crippen LogP) is 1.34. The van der Waals surface area contributed by atoms with Crippen LogP contribution in [0.25, 0.3) is 0 Å². The Labute approximate surface area is 118 Å². The molecule has 1 amide bonds. The number of aryl methyl sites for hydroxylation is 1. The van der Waals surface area contributed by atoms with E-state index in [1.54, 1.807) is 13.0 Å². The van der Waals surface area contributed by atoms with Crippen molar-refractivity contribution in [3.05, 3.63) is 57.5 Å². The number of aromatic hydroxyl groups is 1. The van der Waals surface area contributed by atoms with E-state index in [0.29, 0.717) is 5.69 Å². The zero-order valence-corrected chi connectivity index (χ0v) is 11.0. The molecule has 7 heteroatoms.